The number of rotatable bonds is 4. The highest BCUT2D eigenvalue weighted by atomic mass is 16.3. The molecule has 4 aromatic rings. The van der Waals surface area contributed by atoms with Crippen molar-refractivity contribution in [1.82, 2.24) is 19.7 Å². The van der Waals surface area contributed by atoms with E-state index in [0.717, 1.165) is 29.1 Å². The van der Waals surface area contributed by atoms with Crippen LogP contribution in [0, 0.1) is 0 Å². The van der Waals surface area contributed by atoms with E-state index in [4.69, 9.17) is 0 Å². The molecule has 118 valence electrons. The van der Waals surface area contributed by atoms with Crippen LogP contribution >= 0.6 is 0 Å². The summed E-state index contributed by atoms with van der Waals surface area (Å²) in [5.41, 5.74) is 4.62. The average Bonchev–Trinajstić information content (AvgIpc) is 3.28. The van der Waals surface area contributed by atoms with Crippen LogP contribution in [-0.4, -0.2) is 24.9 Å². The Hall–Kier alpha value is -3.34. The van der Waals surface area contributed by atoms with E-state index in [1.165, 1.54) is 5.56 Å². The third-order valence-corrected chi connectivity index (χ3v) is 3.95. The van der Waals surface area contributed by atoms with Crippen molar-refractivity contribution in [2.75, 3.05) is 0 Å². The summed E-state index contributed by atoms with van der Waals surface area (Å²) in [5.74, 6) is 0.239. The second-order valence-corrected chi connectivity index (χ2v) is 5.62. The van der Waals surface area contributed by atoms with Crippen molar-refractivity contribution in [2.45, 2.75) is 6.54 Å². The first-order chi connectivity index (χ1) is 11.8. The number of nitrogens with one attached hydrogen (secondary N) is 1. The molecule has 2 aromatic carbocycles. The molecule has 0 aliphatic carbocycles. The van der Waals surface area contributed by atoms with E-state index in [9.17, 15) is 5.11 Å². The van der Waals surface area contributed by atoms with E-state index in [-0.39, 0.29) is 5.75 Å². The maximum absolute atomic E-state index is 9.95. The molecule has 24 heavy (non-hydrogen) atoms. The first-order valence-corrected chi connectivity index (χ1v) is 7.68. The minimum Gasteiger partial charge on any atom is -0.507 e. The number of aromatic amines is 1. The summed E-state index contributed by atoms with van der Waals surface area (Å²) in [7, 11) is 0. The molecule has 0 aliphatic rings. The summed E-state index contributed by atoms with van der Waals surface area (Å²) in [6.45, 7) is 0.796. The molecule has 5 heteroatoms. The van der Waals surface area contributed by atoms with Gasteiger partial charge in [0.2, 0.25) is 0 Å². The van der Waals surface area contributed by atoms with Crippen LogP contribution in [0.15, 0.2) is 73.3 Å². The third kappa shape index (κ3) is 2.79. The zero-order chi connectivity index (χ0) is 16.4. The van der Waals surface area contributed by atoms with Gasteiger partial charge in [-0.15, -0.1) is 0 Å². The number of para-hydroxylation sites is 1. The number of H-pyrrole nitrogens is 1. The molecule has 0 radical (unpaired) electrons. The molecule has 2 heterocycles. The number of benzene rings is 2. The molecule has 0 spiro atoms. The zero-order valence-corrected chi connectivity index (χ0v) is 12.9. The van der Waals surface area contributed by atoms with Crippen molar-refractivity contribution in [3.8, 4) is 28.3 Å². The predicted octanol–water partition coefficient (Wildman–Crippen LogP) is 3.69. The standard InChI is InChI=1S/C19H16N4O/c24-19-4-2-1-3-16(19)18-11-17(21-22-18)15-7-5-14(6-8-15)12-23-10-9-20-13-23/h1-11,13,24H,12H2,(H,21,22). The Kier molecular flexibility index (Phi) is 3.59. The van der Waals surface area contributed by atoms with Crippen molar-refractivity contribution in [2.24, 2.45) is 0 Å². The largest absolute Gasteiger partial charge is 0.507 e. The fourth-order valence-corrected chi connectivity index (χ4v) is 2.68. The van der Waals surface area contributed by atoms with E-state index in [1.54, 1.807) is 24.7 Å². The average molecular weight is 316 g/mol. The topological polar surface area (TPSA) is 66.7 Å². The van der Waals surface area contributed by atoms with E-state index in [2.05, 4.69) is 39.4 Å². The molecule has 0 aliphatic heterocycles. The van der Waals surface area contributed by atoms with Crippen molar-refractivity contribution < 1.29 is 5.11 Å². The van der Waals surface area contributed by atoms with Crippen LogP contribution in [0.2, 0.25) is 0 Å². The summed E-state index contributed by atoms with van der Waals surface area (Å²) >= 11 is 0. The van der Waals surface area contributed by atoms with Crippen molar-refractivity contribution in [3.63, 3.8) is 0 Å². The van der Waals surface area contributed by atoms with Gasteiger partial charge in [-0.2, -0.15) is 5.10 Å². The molecule has 0 bridgehead atoms. The van der Waals surface area contributed by atoms with Gasteiger partial charge in [0.1, 0.15) is 5.75 Å². The quantitative estimate of drug-likeness (QED) is 0.603. The number of nitrogens with zero attached hydrogens (tertiary/aromatic N) is 3. The van der Waals surface area contributed by atoms with Gasteiger partial charge < -0.3 is 9.67 Å². The Bertz CT molecular complexity index is 940. The van der Waals surface area contributed by atoms with Gasteiger partial charge in [0, 0.05) is 30.1 Å². The minimum absolute atomic E-state index is 0.239. The molecule has 0 saturated heterocycles. The monoisotopic (exact) mass is 316 g/mol. The van der Waals surface area contributed by atoms with Gasteiger partial charge in [-0.25, -0.2) is 4.98 Å². The zero-order valence-electron chi connectivity index (χ0n) is 12.9. The highest BCUT2D eigenvalue weighted by Gasteiger charge is 2.09. The Balaban J connectivity index is 1.57. The van der Waals surface area contributed by atoms with Crippen molar-refractivity contribution in [1.29, 1.82) is 0 Å². The third-order valence-electron chi connectivity index (χ3n) is 3.95. The van der Waals surface area contributed by atoms with Gasteiger partial charge in [0.05, 0.1) is 17.7 Å². The van der Waals surface area contributed by atoms with Gasteiger partial charge >= 0.3 is 0 Å². The fraction of sp³-hybridized carbons (Fsp3) is 0.0526. The van der Waals surface area contributed by atoms with Crippen molar-refractivity contribution >= 4 is 0 Å². The van der Waals surface area contributed by atoms with E-state index in [1.807, 2.05) is 29.0 Å². The van der Waals surface area contributed by atoms with Crippen molar-refractivity contribution in [3.05, 3.63) is 78.9 Å². The number of phenols is 1. The summed E-state index contributed by atoms with van der Waals surface area (Å²) in [6, 6.07) is 17.4. The first-order valence-electron chi connectivity index (χ1n) is 7.68. The van der Waals surface area contributed by atoms with Crippen LogP contribution in [0.3, 0.4) is 0 Å². The maximum atomic E-state index is 9.95. The molecule has 2 N–H and O–H groups in total. The van der Waals surface area contributed by atoms with Crippen LogP contribution in [0.25, 0.3) is 22.5 Å². The molecule has 4 rings (SSSR count). The predicted molar refractivity (Wildman–Crippen MR) is 92.5 cm³/mol. The first kappa shape index (κ1) is 14.3. The number of aromatic nitrogens is 4. The van der Waals surface area contributed by atoms with E-state index >= 15 is 0 Å². The molecular weight excluding hydrogens is 300 g/mol. The minimum atomic E-state index is 0.239. The Morgan fingerprint density at radius 3 is 2.62 bits per heavy atom. The lowest BCUT2D eigenvalue weighted by atomic mass is 10.1. The lowest BCUT2D eigenvalue weighted by Crippen LogP contribution is -1.95. The number of phenolic OH excluding ortho intramolecular Hbond substituents is 1. The molecule has 0 fully saturated rings. The summed E-state index contributed by atoms with van der Waals surface area (Å²) < 4.78 is 2.03. The molecule has 0 amide bonds. The van der Waals surface area contributed by atoms with E-state index < -0.39 is 0 Å². The van der Waals surface area contributed by atoms with Crippen LogP contribution in [0.1, 0.15) is 5.56 Å². The second kappa shape index (κ2) is 6.04. The summed E-state index contributed by atoms with van der Waals surface area (Å²) in [5, 5.41) is 17.3. The van der Waals surface area contributed by atoms with Gasteiger partial charge in [-0.05, 0) is 23.8 Å². The smallest absolute Gasteiger partial charge is 0.124 e. The van der Waals surface area contributed by atoms with Gasteiger partial charge in [0.15, 0.2) is 0 Å². The van der Waals surface area contributed by atoms with Crippen LogP contribution in [-0.2, 0) is 6.54 Å². The van der Waals surface area contributed by atoms with Gasteiger partial charge in [0.25, 0.3) is 0 Å². The second-order valence-electron chi connectivity index (χ2n) is 5.62. The number of hydrogen-bond donors (Lipinski definition) is 2. The number of aromatic hydroxyl groups is 1. The SMILES string of the molecule is Oc1ccccc1-c1cc(-c2ccc(Cn3ccnc3)cc2)n[nH]1. The number of imidazole rings is 1. The van der Waals surface area contributed by atoms with Gasteiger partial charge in [-0.3, -0.25) is 5.10 Å². The molecular formula is C19H16N4O. The summed E-state index contributed by atoms with van der Waals surface area (Å²) in [4.78, 5) is 4.05. The molecule has 0 saturated carbocycles. The maximum Gasteiger partial charge on any atom is 0.124 e. The molecule has 5 nitrogen and oxygen atoms in total. The molecule has 0 atom stereocenters. The normalized spacial score (nSPS) is 10.8. The van der Waals surface area contributed by atoms with Crippen LogP contribution < -0.4 is 0 Å². The fourth-order valence-electron chi connectivity index (χ4n) is 2.68. The lowest BCUT2D eigenvalue weighted by molar-refractivity contribution is 0.477. The van der Waals surface area contributed by atoms with E-state index in [0.29, 0.717) is 0 Å². The van der Waals surface area contributed by atoms with Crippen LogP contribution in [0.4, 0.5) is 0 Å². The molecule has 2 aromatic heterocycles. The number of hydrogen-bond acceptors (Lipinski definition) is 3. The Morgan fingerprint density at radius 2 is 1.88 bits per heavy atom. The Labute approximate surface area is 139 Å². The highest BCUT2D eigenvalue weighted by molar-refractivity contribution is 5.71. The lowest BCUT2D eigenvalue weighted by Gasteiger charge is -2.03. The van der Waals surface area contributed by atoms with Crippen LogP contribution in [0.5, 0.6) is 5.75 Å². The van der Waals surface area contributed by atoms with Gasteiger partial charge in [-0.1, -0.05) is 36.4 Å². The highest BCUT2D eigenvalue weighted by Crippen LogP contribution is 2.29. The Morgan fingerprint density at radius 1 is 1.04 bits per heavy atom. The summed E-state index contributed by atoms with van der Waals surface area (Å²) in [6.07, 6.45) is 5.53. The molecule has 0 unspecified atom stereocenters.